The molecule has 1 heterocycles. The van der Waals surface area contributed by atoms with Crippen molar-refractivity contribution >= 4 is 49.6 Å². The molecule has 0 radical (unpaired) electrons. The second kappa shape index (κ2) is 14.0. The van der Waals surface area contributed by atoms with Crippen LogP contribution >= 0.6 is 0 Å². The van der Waals surface area contributed by atoms with E-state index >= 15 is 0 Å². The van der Waals surface area contributed by atoms with Crippen LogP contribution in [-0.2, 0) is 11.0 Å². The van der Waals surface area contributed by atoms with Crippen LogP contribution in [0, 0.1) is 0 Å². The van der Waals surface area contributed by atoms with E-state index in [4.69, 9.17) is 0 Å². The predicted molar refractivity (Wildman–Crippen MR) is 274 cm³/mol. The minimum absolute atomic E-state index is 0.141. The van der Waals surface area contributed by atoms with E-state index in [0.717, 1.165) is 17.1 Å². The number of rotatable bonds is 5. The predicted octanol–water partition coefficient (Wildman–Crippen LogP) is 16.8. The Balaban J connectivity index is 1.05. The molecule has 11 aromatic rings. The van der Waals surface area contributed by atoms with Crippen molar-refractivity contribution in [1.82, 2.24) is 4.57 Å². The number of nitrogens with zero attached hydrogens (tertiary/aromatic N) is 2. The number of benzene rings is 10. The van der Waals surface area contributed by atoms with Crippen LogP contribution in [0.1, 0.15) is 43.0 Å². The molecule has 10 aromatic carbocycles. The van der Waals surface area contributed by atoms with Crippen molar-refractivity contribution in [2.45, 2.75) is 31.7 Å². The van der Waals surface area contributed by atoms with Crippen LogP contribution in [0.4, 0.5) is 17.1 Å². The number of hydrogen-bond acceptors (Lipinski definition) is 1. The zero-order valence-corrected chi connectivity index (χ0v) is 36.8. The van der Waals surface area contributed by atoms with Gasteiger partial charge in [-0.3, -0.25) is 0 Å². The second-order valence-corrected chi connectivity index (χ2v) is 18.8. The van der Waals surface area contributed by atoms with E-state index in [-0.39, 0.29) is 5.54 Å². The van der Waals surface area contributed by atoms with Crippen LogP contribution in [0.3, 0.4) is 0 Å². The lowest BCUT2D eigenvalue weighted by atomic mass is 9.70. The fourth-order valence-corrected chi connectivity index (χ4v) is 11.7. The standard InChI is InChI=1S/C63H46N2/c1-62(2,3)65-59-28-16-12-24-53(59)54-38-35-46(40-60(54)65)64(44-32-29-42(30-33-44)48-36-31-41-17-7-8-20-47(41)61(48)43-18-5-4-6-19-43)45-34-37-52-51-23-11-15-27-57(51)63(58(52)39-45)55-25-13-9-21-49(55)50-22-10-14-26-56(50)63/h4-40H,1-3H3. The van der Waals surface area contributed by atoms with E-state index in [9.17, 15) is 0 Å². The van der Waals surface area contributed by atoms with E-state index in [1.54, 1.807) is 0 Å². The van der Waals surface area contributed by atoms with Crippen LogP contribution in [-0.4, -0.2) is 4.57 Å². The molecule has 0 amide bonds. The monoisotopic (exact) mass is 830 g/mol. The molecular formula is C63H46N2. The van der Waals surface area contributed by atoms with Gasteiger partial charge in [-0.05, 0) is 141 Å². The highest BCUT2D eigenvalue weighted by Crippen LogP contribution is 2.63. The van der Waals surface area contributed by atoms with Gasteiger partial charge >= 0.3 is 0 Å². The van der Waals surface area contributed by atoms with Gasteiger partial charge in [-0.2, -0.15) is 0 Å². The fraction of sp³-hybridized carbons (Fsp3) is 0.0794. The molecule has 65 heavy (non-hydrogen) atoms. The highest BCUT2D eigenvalue weighted by atomic mass is 15.1. The van der Waals surface area contributed by atoms with Crippen LogP contribution in [0.5, 0.6) is 0 Å². The van der Waals surface area contributed by atoms with Crippen LogP contribution in [0.15, 0.2) is 224 Å². The van der Waals surface area contributed by atoms with E-state index in [1.807, 2.05) is 0 Å². The van der Waals surface area contributed by atoms with Gasteiger partial charge in [0.2, 0.25) is 0 Å². The van der Waals surface area contributed by atoms with Gasteiger partial charge < -0.3 is 9.47 Å². The number of para-hydroxylation sites is 1. The summed E-state index contributed by atoms with van der Waals surface area (Å²) >= 11 is 0. The quantitative estimate of drug-likeness (QED) is 0.168. The number of hydrogen-bond donors (Lipinski definition) is 0. The van der Waals surface area contributed by atoms with Crippen LogP contribution in [0.25, 0.3) is 77.1 Å². The second-order valence-electron chi connectivity index (χ2n) is 18.8. The smallest absolute Gasteiger partial charge is 0.0726 e. The summed E-state index contributed by atoms with van der Waals surface area (Å²) in [4.78, 5) is 2.48. The summed E-state index contributed by atoms with van der Waals surface area (Å²) in [5.74, 6) is 0. The lowest BCUT2D eigenvalue weighted by Crippen LogP contribution is -2.26. The Morgan fingerprint density at radius 2 is 0.862 bits per heavy atom. The Kier molecular flexibility index (Phi) is 8.12. The molecule has 0 unspecified atom stereocenters. The third kappa shape index (κ3) is 5.41. The Bertz CT molecular complexity index is 3630. The number of aromatic nitrogens is 1. The molecule has 0 bridgehead atoms. The normalized spacial score (nSPS) is 13.3. The highest BCUT2D eigenvalue weighted by Gasteiger charge is 2.51. The zero-order chi connectivity index (χ0) is 43.4. The molecule has 308 valence electrons. The van der Waals surface area contributed by atoms with E-state index in [2.05, 4.69) is 255 Å². The van der Waals surface area contributed by atoms with Gasteiger partial charge in [0.15, 0.2) is 0 Å². The van der Waals surface area contributed by atoms with Gasteiger partial charge in [0.05, 0.1) is 10.9 Å². The minimum Gasteiger partial charge on any atom is -0.335 e. The molecular weight excluding hydrogens is 785 g/mol. The summed E-state index contributed by atoms with van der Waals surface area (Å²) in [5, 5.41) is 5.04. The highest BCUT2D eigenvalue weighted by molar-refractivity contribution is 6.10. The molecule has 0 aliphatic heterocycles. The molecule has 0 saturated heterocycles. The van der Waals surface area contributed by atoms with Crippen LogP contribution in [0.2, 0.25) is 0 Å². The fourth-order valence-electron chi connectivity index (χ4n) is 11.7. The van der Waals surface area contributed by atoms with Crippen molar-refractivity contribution in [2.24, 2.45) is 0 Å². The molecule has 0 saturated carbocycles. The summed E-state index contributed by atoms with van der Waals surface area (Å²) in [6.45, 7) is 6.94. The summed E-state index contributed by atoms with van der Waals surface area (Å²) < 4.78 is 2.52. The largest absolute Gasteiger partial charge is 0.335 e. The van der Waals surface area contributed by atoms with E-state index in [0.29, 0.717) is 0 Å². The van der Waals surface area contributed by atoms with E-state index < -0.39 is 5.41 Å². The lowest BCUT2D eigenvalue weighted by molar-refractivity contribution is 0.423. The first-order valence-electron chi connectivity index (χ1n) is 22.8. The third-order valence-electron chi connectivity index (χ3n) is 14.3. The van der Waals surface area contributed by atoms with Crippen LogP contribution < -0.4 is 4.90 Å². The Morgan fingerprint density at radius 3 is 1.54 bits per heavy atom. The van der Waals surface area contributed by atoms with E-state index in [1.165, 1.54) is 99.3 Å². The topological polar surface area (TPSA) is 8.17 Å². The molecule has 0 N–H and O–H groups in total. The van der Waals surface area contributed by atoms with Crippen molar-refractivity contribution < 1.29 is 0 Å². The molecule has 13 rings (SSSR count). The average molecular weight is 831 g/mol. The van der Waals surface area contributed by atoms with Crippen molar-refractivity contribution in [2.75, 3.05) is 4.90 Å². The Hall–Kier alpha value is -7.94. The maximum absolute atomic E-state index is 2.52. The summed E-state index contributed by atoms with van der Waals surface area (Å²) in [6, 6.07) is 83.8. The summed E-state index contributed by atoms with van der Waals surface area (Å²) in [7, 11) is 0. The average Bonchev–Trinajstić information content (AvgIpc) is 3.96. The van der Waals surface area contributed by atoms with Crippen molar-refractivity contribution in [3.05, 3.63) is 247 Å². The molecule has 0 atom stereocenters. The zero-order valence-electron chi connectivity index (χ0n) is 36.8. The SMILES string of the molecule is CC(C)(C)n1c2ccccc2c2ccc(N(c3ccc(-c4ccc5ccccc5c4-c4ccccc4)cc3)c3ccc4c(c3)C3(c5ccccc5-c5ccccc53)c3ccccc3-4)cc21. The van der Waals surface area contributed by atoms with Gasteiger partial charge in [-0.15, -0.1) is 0 Å². The summed E-state index contributed by atoms with van der Waals surface area (Å²) in [6.07, 6.45) is 0. The third-order valence-corrected chi connectivity index (χ3v) is 14.3. The molecule has 2 heteroatoms. The first-order valence-corrected chi connectivity index (χ1v) is 22.8. The van der Waals surface area contributed by atoms with Crippen molar-refractivity contribution in [3.8, 4) is 44.5 Å². The number of anilines is 3. The summed E-state index contributed by atoms with van der Waals surface area (Å²) in [5.41, 5.74) is 20.7. The first-order chi connectivity index (χ1) is 31.9. The first kappa shape index (κ1) is 37.6. The van der Waals surface area contributed by atoms with Gasteiger partial charge in [-0.1, -0.05) is 182 Å². The van der Waals surface area contributed by atoms with Crippen molar-refractivity contribution in [1.29, 1.82) is 0 Å². The minimum atomic E-state index is -0.447. The maximum Gasteiger partial charge on any atom is 0.0726 e. The molecule has 1 aromatic heterocycles. The molecule has 0 fully saturated rings. The van der Waals surface area contributed by atoms with Gasteiger partial charge in [0.1, 0.15) is 0 Å². The van der Waals surface area contributed by atoms with Gasteiger partial charge in [0, 0.05) is 38.9 Å². The molecule has 2 aliphatic rings. The Labute approximate surface area is 380 Å². The number of fused-ring (bicyclic) bond motifs is 14. The Morgan fingerprint density at radius 1 is 0.354 bits per heavy atom. The molecule has 2 aliphatic carbocycles. The maximum atomic E-state index is 2.52. The molecule has 1 spiro atoms. The van der Waals surface area contributed by atoms with Gasteiger partial charge in [0.25, 0.3) is 0 Å². The molecule has 2 nitrogen and oxygen atoms in total. The van der Waals surface area contributed by atoms with Crippen molar-refractivity contribution in [3.63, 3.8) is 0 Å². The van der Waals surface area contributed by atoms with Gasteiger partial charge in [-0.25, -0.2) is 0 Å². The lowest BCUT2D eigenvalue weighted by Gasteiger charge is -2.32.